The molecule has 21 heavy (non-hydrogen) atoms. The number of hydrogen-bond acceptors (Lipinski definition) is 4. The summed E-state index contributed by atoms with van der Waals surface area (Å²) in [6.45, 7) is 0.442. The average Bonchev–Trinajstić information content (AvgIpc) is 2.87. The van der Waals surface area contributed by atoms with Crippen LogP contribution in [0.3, 0.4) is 0 Å². The Kier molecular flexibility index (Phi) is 3.39. The van der Waals surface area contributed by atoms with Gasteiger partial charge in [-0.25, -0.2) is 0 Å². The van der Waals surface area contributed by atoms with E-state index in [4.69, 9.17) is 16.2 Å². The molecule has 1 aliphatic heterocycles. The number of hydrogen-bond donors (Lipinski definition) is 3. The van der Waals surface area contributed by atoms with Crippen LogP contribution in [0.1, 0.15) is 15.9 Å². The molecule has 0 saturated carbocycles. The Hall–Kier alpha value is -2.69. The lowest BCUT2D eigenvalue weighted by atomic mass is 10.1. The van der Waals surface area contributed by atoms with E-state index in [9.17, 15) is 4.79 Å². The molecule has 5 heteroatoms. The van der Waals surface area contributed by atoms with E-state index in [0.29, 0.717) is 23.5 Å². The maximum absolute atomic E-state index is 12.1. The molecule has 0 aromatic heterocycles. The molecule has 3 rings (SSSR count). The predicted octanol–water partition coefficient (Wildman–Crippen LogP) is 1.58. The van der Waals surface area contributed by atoms with Gasteiger partial charge in [-0.15, -0.1) is 0 Å². The third-order valence-electron chi connectivity index (χ3n) is 3.52. The zero-order valence-electron chi connectivity index (χ0n) is 11.5. The second kappa shape index (κ2) is 5.36. The largest absolute Gasteiger partial charge is 0.488 e. The molecule has 1 heterocycles. The fourth-order valence-corrected chi connectivity index (χ4v) is 2.46. The molecule has 0 radical (unpaired) electrons. The molecule has 0 spiro atoms. The minimum absolute atomic E-state index is 0.0404. The number of carbonyl (C=O) groups excluding carboxylic acids is 1. The zero-order chi connectivity index (χ0) is 14.8. The minimum atomic E-state index is -0.216. The highest BCUT2D eigenvalue weighted by Gasteiger charge is 2.23. The maximum atomic E-state index is 12.1. The summed E-state index contributed by atoms with van der Waals surface area (Å²) in [7, 11) is 0. The smallest absolute Gasteiger partial charge is 0.253 e. The predicted molar refractivity (Wildman–Crippen MR) is 82.2 cm³/mol. The van der Waals surface area contributed by atoms with Crippen molar-refractivity contribution in [3.05, 3.63) is 53.6 Å². The first kappa shape index (κ1) is 13.3. The van der Waals surface area contributed by atoms with Gasteiger partial charge in [-0.1, -0.05) is 18.2 Å². The van der Waals surface area contributed by atoms with Crippen molar-refractivity contribution in [3.8, 4) is 5.75 Å². The Bertz CT molecular complexity index is 660. The number of fused-ring (bicyclic) bond motifs is 1. The Morgan fingerprint density at radius 2 is 2.05 bits per heavy atom. The average molecular weight is 283 g/mol. The van der Waals surface area contributed by atoms with Gasteiger partial charge in [-0.3, -0.25) is 4.79 Å². The van der Waals surface area contributed by atoms with E-state index in [0.717, 1.165) is 12.2 Å². The molecule has 0 saturated heterocycles. The van der Waals surface area contributed by atoms with Gasteiger partial charge < -0.3 is 21.5 Å². The summed E-state index contributed by atoms with van der Waals surface area (Å²) in [6, 6.07) is 12.8. The molecular weight excluding hydrogens is 266 g/mol. The Morgan fingerprint density at radius 1 is 1.24 bits per heavy atom. The van der Waals surface area contributed by atoms with E-state index in [1.54, 1.807) is 18.2 Å². The van der Waals surface area contributed by atoms with Crippen molar-refractivity contribution < 1.29 is 9.53 Å². The van der Waals surface area contributed by atoms with Crippen LogP contribution < -0.4 is 21.5 Å². The number of rotatable bonds is 3. The maximum Gasteiger partial charge on any atom is 0.253 e. The van der Waals surface area contributed by atoms with Crippen LogP contribution in [0.15, 0.2) is 42.5 Å². The summed E-state index contributed by atoms with van der Waals surface area (Å²) < 4.78 is 5.78. The second-order valence-corrected chi connectivity index (χ2v) is 5.11. The van der Waals surface area contributed by atoms with E-state index < -0.39 is 0 Å². The van der Waals surface area contributed by atoms with Crippen molar-refractivity contribution in [2.45, 2.75) is 12.5 Å². The van der Waals surface area contributed by atoms with Crippen LogP contribution in [0, 0.1) is 0 Å². The van der Waals surface area contributed by atoms with Gasteiger partial charge in [-0.05, 0) is 29.8 Å². The van der Waals surface area contributed by atoms with Crippen molar-refractivity contribution >= 4 is 17.3 Å². The van der Waals surface area contributed by atoms with Crippen molar-refractivity contribution in [2.75, 3.05) is 18.0 Å². The van der Waals surface area contributed by atoms with Crippen LogP contribution in [-0.2, 0) is 6.42 Å². The van der Waals surface area contributed by atoms with E-state index in [1.165, 1.54) is 5.56 Å². The number of amides is 1. The summed E-state index contributed by atoms with van der Waals surface area (Å²) in [5.74, 6) is 0.677. The molecule has 108 valence electrons. The molecule has 0 aliphatic carbocycles. The van der Waals surface area contributed by atoms with Crippen LogP contribution >= 0.6 is 0 Å². The first-order chi connectivity index (χ1) is 10.1. The Labute approximate surface area is 122 Å². The van der Waals surface area contributed by atoms with Gasteiger partial charge in [-0.2, -0.15) is 0 Å². The number of nitrogen functional groups attached to an aromatic ring is 2. The number of para-hydroxylation sites is 1. The highest BCUT2D eigenvalue weighted by molar-refractivity contribution is 5.99. The minimum Gasteiger partial charge on any atom is -0.488 e. The Balaban J connectivity index is 1.60. The topological polar surface area (TPSA) is 90.4 Å². The normalized spacial score (nSPS) is 16.1. The second-order valence-electron chi connectivity index (χ2n) is 5.11. The summed E-state index contributed by atoms with van der Waals surface area (Å²) in [5, 5.41) is 2.85. The lowest BCUT2D eigenvalue weighted by molar-refractivity contribution is 0.0934. The third kappa shape index (κ3) is 2.76. The molecule has 1 unspecified atom stereocenters. The molecule has 0 fully saturated rings. The lowest BCUT2D eigenvalue weighted by Gasteiger charge is -2.13. The number of benzene rings is 2. The van der Waals surface area contributed by atoms with Crippen molar-refractivity contribution in [3.63, 3.8) is 0 Å². The molecule has 2 aromatic carbocycles. The van der Waals surface area contributed by atoms with Crippen LogP contribution in [-0.4, -0.2) is 18.6 Å². The zero-order valence-corrected chi connectivity index (χ0v) is 11.5. The summed E-state index contributed by atoms with van der Waals surface area (Å²) >= 11 is 0. The quantitative estimate of drug-likeness (QED) is 0.746. The van der Waals surface area contributed by atoms with Crippen molar-refractivity contribution in [1.29, 1.82) is 0 Å². The SMILES string of the molecule is Nc1ccc(C(=O)NCC2Cc3ccccc3O2)c(N)c1. The van der Waals surface area contributed by atoms with E-state index in [1.807, 2.05) is 24.3 Å². The van der Waals surface area contributed by atoms with Crippen LogP contribution in [0.2, 0.25) is 0 Å². The number of nitrogens with two attached hydrogens (primary N) is 2. The van der Waals surface area contributed by atoms with Crippen LogP contribution in [0.5, 0.6) is 5.75 Å². The first-order valence-corrected chi connectivity index (χ1v) is 6.81. The molecule has 1 atom stereocenters. The van der Waals surface area contributed by atoms with Gasteiger partial charge in [0.1, 0.15) is 11.9 Å². The number of carbonyl (C=O) groups is 1. The van der Waals surface area contributed by atoms with Crippen LogP contribution in [0.4, 0.5) is 11.4 Å². The first-order valence-electron chi connectivity index (χ1n) is 6.81. The highest BCUT2D eigenvalue weighted by atomic mass is 16.5. The summed E-state index contributed by atoms with van der Waals surface area (Å²) in [4.78, 5) is 12.1. The number of nitrogens with one attached hydrogen (secondary N) is 1. The van der Waals surface area contributed by atoms with Gasteiger partial charge in [0.05, 0.1) is 12.1 Å². The Morgan fingerprint density at radius 3 is 2.81 bits per heavy atom. The molecule has 0 bridgehead atoms. The van der Waals surface area contributed by atoms with E-state index in [2.05, 4.69) is 5.32 Å². The lowest BCUT2D eigenvalue weighted by Crippen LogP contribution is -2.34. The van der Waals surface area contributed by atoms with E-state index >= 15 is 0 Å². The summed E-state index contributed by atoms with van der Waals surface area (Å²) in [6.07, 6.45) is 0.759. The molecule has 1 aliphatic rings. The van der Waals surface area contributed by atoms with Gasteiger partial charge in [0, 0.05) is 17.8 Å². The third-order valence-corrected chi connectivity index (χ3v) is 3.52. The van der Waals surface area contributed by atoms with Gasteiger partial charge in [0.25, 0.3) is 5.91 Å². The molecule has 1 amide bonds. The molecular formula is C16H17N3O2. The van der Waals surface area contributed by atoms with Gasteiger partial charge >= 0.3 is 0 Å². The summed E-state index contributed by atoms with van der Waals surface area (Å²) in [5.41, 5.74) is 13.9. The number of anilines is 2. The fourth-order valence-electron chi connectivity index (χ4n) is 2.46. The highest BCUT2D eigenvalue weighted by Crippen LogP contribution is 2.27. The van der Waals surface area contributed by atoms with Crippen molar-refractivity contribution in [2.24, 2.45) is 0 Å². The molecule has 5 nitrogen and oxygen atoms in total. The molecule has 5 N–H and O–H groups in total. The molecule has 2 aromatic rings. The van der Waals surface area contributed by atoms with E-state index in [-0.39, 0.29) is 12.0 Å². The number of ether oxygens (including phenoxy) is 1. The monoisotopic (exact) mass is 283 g/mol. The van der Waals surface area contributed by atoms with Gasteiger partial charge in [0.2, 0.25) is 0 Å². The standard InChI is InChI=1S/C16H17N3O2/c17-11-5-6-13(14(18)8-11)16(20)19-9-12-7-10-3-1-2-4-15(10)21-12/h1-6,8,12H,7,9,17-18H2,(H,19,20). The van der Waals surface area contributed by atoms with Crippen LogP contribution in [0.25, 0.3) is 0 Å². The van der Waals surface area contributed by atoms with Gasteiger partial charge in [0.15, 0.2) is 0 Å². The van der Waals surface area contributed by atoms with Crippen molar-refractivity contribution in [1.82, 2.24) is 5.32 Å². The fraction of sp³-hybridized carbons (Fsp3) is 0.188.